The van der Waals surface area contributed by atoms with Gasteiger partial charge in [-0.2, -0.15) is 17.8 Å². The molecule has 5 aliphatic rings. The van der Waals surface area contributed by atoms with Crippen molar-refractivity contribution in [2.75, 3.05) is 12.3 Å². The van der Waals surface area contributed by atoms with Crippen molar-refractivity contribution in [3.05, 3.63) is 5.82 Å². The van der Waals surface area contributed by atoms with Crippen LogP contribution in [0.25, 0.3) is 0 Å². The number of aromatic nitrogens is 3. The number of aliphatic carboxylic acids is 1. The SMILES string of the molecule is C1C[NH2+]n2c(nnc2C23CC4CC(CC(C4)C2)C3)SC1.O=C([O-])C(F)(F)F. The Morgan fingerprint density at radius 1 is 1.15 bits per heavy atom. The van der Waals surface area contributed by atoms with Gasteiger partial charge in [-0.15, -0.1) is 10.2 Å². The third-order valence-corrected chi connectivity index (χ3v) is 7.33. The summed E-state index contributed by atoms with van der Waals surface area (Å²) in [5, 5.41) is 19.1. The van der Waals surface area contributed by atoms with Crippen LogP contribution in [-0.4, -0.2) is 39.3 Å². The van der Waals surface area contributed by atoms with E-state index in [0.29, 0.717) is 5.41 Å². The molecule has 0 atom stereocenters. The fraction of sp³-hybridized carbons (Fsp3) is 0.824. The summed E-state index contributed by atoms with van der Waals surface area (Å²) in [6.07, 6.45) is 4.73. The summed E-state index contributed by atoms with van der Waals surface area (Å²) in [5.41, 5.74) is 2.74. The van der Waals surface area contributed by atoms with Crippen molar-refractivity contribution >= 4 is 17.7 Å². The number of quaternary nitrogens is 1. The van der Waals surface area contributed by atoms with Gasteiger partial charge in [-0.05, 0) is 56.3 Å². The summed E-state index contributed by atoms with van der Waals surface area (Å²) >= 11 is 1.89. The predicted molar refractivity (Wildman–Crippen MR) is 88.5 cm³/mol. The van der Waals surface area contributed by atoms with Crippen molar-refractivity contribution in [1.82, 2.24) is 14.9 Å². The highest BCUT2D eigenvalue weighted by Gasteiger charge is 2.54. The van der Waals surface area contributed by atoms with Gasteiger partial charge in [-0.25, -0.2) is 5.43 Å². The number of thioether (sulfide) groups is 1. The third-order valence-electron chi connectivity index (χ3n) is 6.30. The Kier molecular flexibility index (Phi) is 4.90. The lowest BCUT2D eigenvalue weighted by atomic mass is 9.49. The van der Waals surface area contributed by atoms with Crippen LogP contribution < -0.4 is 10.5 Å². The highest BCUT2D eigenvalue weighted by atomic mass is 32.2. The molecular formula is C17H23F3N4O2S. The molecule has 10 heteroatoms. The van der Waals surface area contributed by atoms with Gasteiger partial charge in [0.15, 0.2) is 5.82 Å². The minimum Gasteiger partial charge on any atom is -0.542 e. The summed E-state index contributed by atoms with van der Waals surface area (Å²) in [4.78, 5) is 8.78. The maximum atomic E-state index is 10.5. The Balaban J connectivity index is 0.000000224. The lowest BCUT2D eigenvalue weighted by Crippen LogP contribution is -2.88. The number of carbonyl (C=O) groups excluding carboxylic acids is 1. The first-order valence-electron chi connectivity index (χ1n) is 9.46. The number of carbonyl (C=O) groups is 1. The second-order valence-electron chi connectivity index (χ2n) is 8.33. The number of nitrogens with two attached hydrogens (primary N) is 1. The molecular weight excluding hydrogens is 381 g/mol. The molecule has 6 rings (SSSR count). The topological polar surface area (TPSA) is 87.5 Å². The predicted octanol–water partition coefficient (Wildman–Crippen LogP) is 0.867. The Morgan fingerprint density at radius 3 is 2.22 bits per heavy atom. The van der Waals surface area contributed by atoms with E-state index in [0.717, 1.165) is 22.9 Å². The highest BCUT2D eigenvalue weighted by Crippen LogP contribution is 2.60. The molecule has 2 heterocycles. The number of hydrogen-bond donors (Lipinski definition) is 1. The van der Waals surface area contributed by atoms with Gasteiger partial charge in [0, 0.05) is 17.6 Å². The maximum absolute atomic E-state index is 10.5. The smallest absolute Gasteiger partial charge is 0.430 e. The first kappa shape index (κ1) is 19.0. The molecule has 2 N–H and O–H groups in total. The van der Waals surface area contributed by atoms with Gasteiger partial charge in [-0.1, -0.05) is 11.8 Å². The van der Waals surface area contributed by atoms with Gasteiger partial charge in [0.05, 0.1) is 6.54 Å². The molecule has 1 aromatic heterocycles. The molecule has 4 bridgehead atoms. The molecule has 4 saturated carbocycles. The van der Waals surface area contributed by atoms with Crippen LogP contribution in [0, 0.1) is 17.8 Å². The first-order chi connectivity index (χ1) is 12.8. The van der Waals surface area contributed by atoms with Gasteiger partial charge in [0.25, 0.3) is 0 Å². The summed E-state index contributed by atoms with van der Waals surface area (Å²) in [5.74, 6) is 2.44. The van der Waals surface area contributed by atoms with Crippen LogP contribution in [0.3, 0.4) is 0 Å². The van der Waals surface area contributed by atoms with Gasteiger partial charge in [0.2, 0.25) is 5.16 Å². The molecule has 0 saturated heterocycles. The number of halogens is 3. The molecule has 1 aromatic rings. The number of rotatable bonds is 1. The molecule has 0 aromatic carbocycles. The van der Waals surface area contributed by atoms with Gasteiger partial charge in [0.1, 0.15) is 5.97 Å². The van der Waals surface area contributed by atoms with Crippen molar-refractivity contribution in [3.8, 4) is 0 Å². The number of alkyl halides is 3. The molecule has 150 valence electrons. The Bertz CT molecular complexity index is 686. The maximum Gasteiger partial charge on any atom is 0.430 e. The minimum atomic E-state index is -5.19. The van der Waals surface area contributed by atoms with Gasteiger partial charge < -0.3 is 9.90 Å². The Hall–Kier alpha value is -1.29. The third kappa shape index (κ3) is 3.70. The first-order valence-corrected chi connectivity index (χ1v) is 10.4. The Morgan fingerprint density at radius 2 is 1.70 bits per heavy atom. The zero-order valence-electron chi connectivity index (χ0n) is 14.9. The summed E-state index contributed by atoms with van der Waals surface area (Å²) < 4.78 is 33.9. The zero-order chi connectivity index (χ0) is 19.2. The van der Waals surface area contributed by atoms with Gasteiger partial charge >= 0.3 is 6.18 Å². The molecule has 27 heavy (non-hydrogen) atoms. The fourth-order valence-corrected chi connectivity index (χ4v) is 6.65. The van der Waals surface area contributed by atoms with E-state index in [1.54, 1.807) is 0 Å². The van der Waals surface area contributed by atoms with E-state index in [-0.39, 0.29) is 0 Å². The van der Waals surface area contributed by atoms with Crippen molar-refractivity contribution in [1.29, 1.82) is 0 Å². The van der Waals surface area contributed by atoms with Crippen molar-refractivity contribution < 1.29 is 28.5 Å². The molecule has 0 unspecified atom stereocenters. The van der Waals surface area contributed by atoms with Crippen molar-refractivity contribution in [3.63, 3.8) is 0 Å². The quantitative estimate of drug-likeness (QED) is 0.702. The van der Waals surface area contributed by atoms with Crippen molar-refractivity contribution in [2.24, 2.45) is 17.8 Å². The second-order valence-corrected chi connectivity index (χ2v) is 9.39. The lowest BCUT2D eigenvalue weighted by Gasteiger charge is -2.55. The highest BCUT2D eigenvalue weighted by molar-refractivity contribution is 7.99. The molecule has 0 amide bonds. The molecule has 0 radical (unpaired) electrons. The van der Waals surface area contributed by atoms with Crippen LogP contribution in [0.15, 0.2) is 5.16 Å². The normalized spacial score (nSPS) is 34.4. The van der Waals surface area contributed by atoms with E-state index in [1.165, 1.54) is 63.1 Å². The number of hydrogen-bond acceptors (Lipinski definition) is 5. The average Bonchev–Trinajstić information content (AvgIpc) is 2.84. The summed E-state index contributed by atoms with van der Waals surface area (Å²) in [7, 11) is 0. The van der Waals surface area contributed by atoms with Crippen LogP contribution >= 0.6 is 11.8 Å². The van der Waals surface area contributed by atoms with E-state index in [2.05, 4.69) is 15.2 Å². The molecule has 0 spiro atoms. The fourth-order valence-electron chi connectivity index (χ4n) is 5.75. The van der Waals surface area contributed by atoms with E-state index in [1.807, 2.05) is 11.8 Å². The lowest BCUT2D eigenvalue weighted by molar-refractivity contribution is -0.716. The minimum absolute atomic E-state index is 0.376. The monoisotopic (exact) mass is 404 g/mol. The van der Waals surface area contributed by atoms with E-state index >= 15 is 0 Å². The summed E-state index contributed by atoms with van der Waals surface area (Å²) in [6, 6.07) is 0. The molecule has 4 aliphatic carbocycles. The molecule has 1 aliphatic heterocycles. The number of carboxylic acid groups (broad SMARTS) is 1. The summed E-state index contributed by atoms with van der Waals surface area (Å²) in [6.45, 7) is 1.18. The van der Waals surface area contributed by atoms with Crippen LogP contribution in [-0.2, 0) is 10.2 Å². The average molecular weight is 404 g/mol. The van der Waals surface area contributed by atoms with Gasteiger partial charge in [-0.3, -0.25) is 0 Å². The number of carboxylic acids is 1. The molecule has 6 nitrogen and oxygen atoms in total. The standard InChI is InChI=1S/C15H22N4S.C2HF3O2/c1-2-16-19-13(17-18-14(19)20-3-1)15-7-10-4-11(8-15)6-12(5-10)9-15;3-2(4,5)1(6)7/h10-12,16H,1-9H2;(H,6,7). The van der Waals surface area contributed by atoms with Crippen molar-refractivity contribution in [2.45, 2.75) is 61.7 Å². The largest absolute Gasteiger partial charge is 0.542 e. The van der Waals surface area contributed by atoms with Crippen LogP contribution in [0.5, 0.6) is 0 Å². The van der Waals surface area contributed by atoms with E-state index in [4.69, 9.17) is 15.0 Å². The molecule has 4 fully saturated rings. The second kappa shape index (κ2) is 6.95. The van der Waals surface area contributed by atoms with E-state index in [9.17, 15) is 13.2 Å². The van der Waals surface area contributed by atoms with Crippen LogP contribution in [0.4, 0.5) is 13.2 Å². The number of nitrogens with zero attached hydrogens (tertiary/aromatic N) is 3. The zero-order valence-corrected chi connectivity index (χ0v) is 15.7. The van der Waals surface area contributed by atoms with Crippen LogP contribution in [0.1, 0.15) is 50.8 Å². The Labute approximate surface area is 159 Å². The van der Waals surface area contributed by atoms with E-state index < -0.39 is 12.1 Å². The van der Waals surface area contributed by atoms with Crippen LogP contribution in [0.2, 0.25) is 0 Å². The number of fused-ring (bicyclic) bond motifs is 1.